The molecule has 28 heavy (non-hydrogen) atoms. The van der Waals surface area contributed by atoms with Crippen molar-refractivity contribution in [2.75, 3.05) is 26.2 Å². The van der Waals surface area contributed by atoms with Crippen LogP contribution >= 0.6 is 0 Å². The first kappa shape index (κ1) is 19.8. The molecule has 3 rings (SSSR count). The van der Waals surface area contributed by atoms with Gasteiger partial charge >= 0.3 is 11.8 Å². The molecule has 7 nitrogen and oxygen atoms in total. The van der Waals surface area contributed by atoms with E-state index in [-0.39, 0.29) is 11.9 Å². The van der Waals surface area contributed by atoms with Crippen molar-refractivity contribution in [3.8, 4) is 0 Å². The normalized spacial score (nSPS) is 14.5. The van der Waals surface area contributed by atoms with Crippen LogP contribution in [0.25, 0.3) is 10.9 Å². The second kappa shape index (κ2) is 7.96. The van der Waals surface area contributed by atoms with Gasteiger partial charge < -0.3 is 15.1 Å². The molecule has 0 unspecified atom stereocenters. The average molecular weight is 382 g/mol. The van der Waals surface area contributed by atoms with Gasteiger partial charge in [-0.2, -0.15) is 0 Å². The largest absolute Gasteiger partial charge is 0.346 e. The van der Waals surface area contributed by atoms with E-state index < -0.39 is 11.8 Å². The Kier molecular flexibility index (Phi) is 5.63. The summed E-state index contributed by atoms with van der Waals surface area (Å²) in [6.45, 7) is 8.94. The van der Waals surface area contributed by atoms with Crippen LogP contribution in [0.3, 0.4) is 0 Å². The molecule has 1 N–H and O–H groups in total. The summed E-state index contributed by atoms with van der Waals surface area (Å²) in [4.78, 5) is 44.9. The molecule has 3 amide bonds. The molecule has 0 spiro atoms. The summed E-state index contributed by atoms with van der Waals surface area (Å²) in [6, 6.07) is 7.76. The second-order valence-corrected chi connectivity index (χ2v) is 7.53. The first-order valence-corrected chi connectivity index (χ1v) is 9.53. The predicted octanol–water partition coefficient (Wildman–Crippen LogP) is 1.66. The van der Waals surface area contributed by atoms with Gasteiger partial charge in [0, 0.05) is 37.6 Å². The number of amides is 3. The van der Waals surface area contributed by atoms with Crippen LogP contribution in [-0.2, 0) is 9.59 Å². The minimum absolute atomic E-state index is 0.0912. The van der Waals surface area contributed by atoms with Crippen LogP contribution in [-0.4, -0.2) is 64.7 Å². The topological polar surface area (TPSA) is 82.6 Å². The fraction of sp³-hybridized carbons (Fsp3) is 0.429. The monoisotopic (exact) mass is 382 g/mol. The number of hydrogen-bond acceptors (Lipinski definition) is 4. The van der Waals surface area contributed by atoms with Crippen LogP contribution in [0.4, 0.5) is 0 Å². The van der Waals surface area contributed by atoms with Gasteiger partial charge in [-0.1, -0.05) is 12.1 Å². The van der Waals surface area contributed by atoms with Gasteiger partial charge in [0.2, 0.25) is 0 Å². The number of nitrogens with one attached hydrogen (secondary N) is 1. The van der Waals surface area contributed by atoms with Crippen molar-refractivity contribution < 1.29 is 14.4 Å². The van der Waals surface area contributed by atoms with Crippen LogP contribution in [0.2, 0.25) is 0 Å². The van der Waals surface area contributed by atoms with Gasteiger partial charge in [0.1, 0.15) is 0 Å². The quantitative estimate of drug-likeness (QED) is 0.801. The summed E-state index contributed by atoms with van der Waals surface area (Å²) in [6.07, 6.45) is 0. The van der Waals surface area contributed by atoms with Gasteiger partial charge in [0.15, 0.2) is 0 Å². The van der Waals surface area contributed by atoms with Gasteiger partial charge in [-0.25, -0.2) is 0 Å². The zero-order valence-corrected chi connectivity index (χ0v) is 16.8. The van der Waals surface area contributed by atoms with E-state index >= 15 is 0 Å². The van der Waals surface area contributed by atoms with Gasteiger partial charge in [-0.05, 0) is 45.4 Å². The number of hydrogen-bond donors (Lipinski definition) is 1. The molecule has 1 fully saturated rings. The first-order chi connectivity index (χ1) is 13.3. The standard InChI is InChI=1S/C21H26N4O3/c1-13(2)22-19(26)21(28)25-9-7-24(8-10-25)20(27)17-12-16-6-5-14(3)11-18(16)23-15(17)4/h5-6,11-13H,7-10H2,1-4H3,(H,22,26). The fourth-order valence-electron chi connectivity index (χ4n) is 3.34. The Morgan fingerprint density at radius 3 is 2.29 bits per heavy atom. The number of fused-ring (bicyclic) bond motifs is 1. The lowest BCUT2D eigenvalue weighted by Crippen LogP contribution is -2.54. The number of aromatic nitrogens is 1. The van der Waals surface area contributed by atoms with Crippen molar-refractivity contribution in [1.29, 1.82) is 0 Å². The second-order valence-electron chi connectivity index (χ2n) is 7.53. The van der Waals surface area contributed by atoms with Crippen molar-refractivity contribution in [2.45, 2.75) is 33.7 Å². The van der Waals surface area contributed by atoms with E-state index in [9.17, 15) is 14.4 Å². The summed E-state index contributed by atoms with van der Waals surface area (Å²) in [7, 11) is 0. The van der Waals surface area contributed by atoms with Crippen LogP contribution in [0.5, 0.6) is 0 Å². The third-order valence-electron chi connectivity index (χ3n) is 4.86. The number of aryl methyl sites for hydroxylation is 2. The molecule has 1 aliphatic rings. The predicted molar refractivity (Wildman–Crippen MR) is 107 cm³/mol. The SMILES string of the molecule is Cc1ccc2cc(C(=O)N3CCN(C(=O)C(=O)NC(C)C)CC3)c(C)nc2c1. The van der Waals surface area contributed by atoms with E-state index in [4.69, 9.17) is 0 Å². The third kappa shape index (κ3) is 4.13. The van der Waals surface area contributed by atoms with E-state index in [1.165, 1.54) is 4.90 Å². The summed E-state index contributed by atoms with van der Waals surface area (Å²) in [5.74, 6) is -1.23. The highest BCUT2D eigenvalue weighted by atomic mass is 16.2. The molecular weight excluding hydrogens is 356 g/mol. The molecule has 1 aromatic heterocycles. The highest BCUT2D eigenvalue weighted by molar-refractivity contribution is 6.35. The number of piperazine rings is 1. The molecule has 7 heteroatoms. The number of rotatable bonds is 2. The van der Waals surface area contributed by atoms with Gasteiger partial charge in [0.25, 0.3) is 5.91 Å². The Balaban J connectivity index is 1.69. The lowest BCUT2D eigenvalue weighted by molar-refractivity contribution is -0.147. The average Bonchev–Trinajstić information content (AvgIpc) is 2.66. The molecular formula is C21H26N4O3. The first-order valence-electron chi connectivity index (χ1n) is 9.53. The van der Waals surface area contributed by atoms with E-state index in [2.05, 4.69) is 10.3 Å². The highest BCUT2D eigenvalue weighted by Crippen LogP contribution is 2.20. The van der Waals surface area contributed by atoms with Crippen LogP contribution in [0.1, 0.15) is 35.5 Å². The van der Waals surface area contributed by atoms with Crippen molar-refractivity contribution >= 4 is 28.6 Å². The molecule has 0 bridgehead atoms. The third-order valence-corrected chi connectivity index (χ3v) is 4.86. The fourth-order valence-corrected chi connectivity index (χ4v) is 3.34. The molecule has 148 valence electrons. The molecule has 2 heterocycles. The van der Waals surface area contributed by atoms with Gasteiger partial charge in [-0.3, -0.25) is 19.4 Å². The highest BCUT2D eigenvalue weighted by Gasteiger charge is 2.29. The molecule has 0 aliphatic carbocycles. The maximum Gasteiger partial charge on any atom is 0.312 e. The van der Waals surface area contributed by atoms with Crippen LogP contribution < -0.4 is 5.32 Å². The molecule has 1 aromatic carbocycles. The summed E-state index contributed by atoms with van der Waals surface area (Å²) in [5.41, 5.74) is 3.27. The lowest BCUT2D eigenvalue weighted by atomic mass is 10.1. The summed E-state index contributed by atoms with van der Waals surface area (Å²) < 4.78 is 0. The smallest absolute Gasteiger partial charge is 0.312 e. The van der Waals surface area contributed by atoms with E-state index in [0.29, 0.717) is 37.4 Å². The Labute approximate surface area is 164 Å². The molecule has 0 saturated carbocycles. The number of carbonyl (C=O) groups excluding carboxylic acids is 3. The van der Waals surface area contributed by atoms with Crippen molar-refractivity contribution in [3.05, 3.63) is 41.1 Å². The van der Waals surface area contributed by atoms with Gasteiger partial charge in [0.05, 0.1) is 16.8 Å². The minimum Gasteiger partial charge on any atom is -0.346 e. The number of pyridine rings is 1. The Hall–Kier alpha value is -2.96. The zero-order chi connectivity index (χ0) is 20.4. The lowest BCUT2D eigenvalue weighted by Gasteiger charge is -2.34. The molecule has 2 aromatic rings. The zero-order valence-electron chi connectivity index (χ0n) is 16.8. The Morgan fingerprint density at radius 1 is 1.00 bits per heavy atom. The summed E-state index contributed by atoms with van der Waals surface area (Å²) >= 11 is 0. The van der Waals surface area contributed by atoms with Crippen molar-refractivity contribution in [3.63, 3.8) is 0 Å². The minimum atomic E-state index is -0.598. The Morgan fingerprint density at radius 2 is 1.64 bits per heavy atom. The van der Waals surface area contributed by atoms with Crippen molar-refractivity contribution in [2.24, 2.45) is 0 Å². The van der Waals surface area contributed by atoms with Gasteiger partial charge in [-0.15, -0.1) is 0 Å². The molecule has 1 saturated heterocycles. The van der Waals surface area contributed by atoms with E-state index in [1.807, 2.05) is 52.0 Å². The molecule has 0 atom stereocenters. The molecule has 1 aliphatic heterocycles. The number of benzene rings is 1. The van der Waals surface area contributed by atoms with Crippen molar-refractivity contribution in [1.82, 2.24) is 20.1 Å². The van der Waals surface area contributed by atoms with E-state index in [1.54, 1.807) is 4.90 Å². The summed E-state index contributed by atoms with van der Waals surface area (Å²) in [5, 5.41) is 3.54. The maximum atomic E-state index is 13.0. The van der Waals surface area contributed by atoms with Crippen LogP contribution in [0, 0.1) is 13.8 Å². The maximum absolute atomic E-state index is 13.0. The molecule has 0 radical (unpaired) electrons. The number of nitrogens with zero attached hydrogens (tertiary/aromatic N) is 3. The van der Waals surface area contributed by atoms with E-state index in [0.717, 1.165) is 16.5 Å². The van der Waals surface area contributed by atoms with Crippen LogP contribution in [0.15, 0.2) is 24.3 Å². The number of carbonyl (C=O) groups is 3. The Bertz CT molecular complexity index is 931.